The van der Waals surface area contributed by atoms with Crippen LogP contribution in [0.3, 0.4) is 0 Å². The van der Waals surface area contributed by atoms with Crippen molar-refractivity contribution in [3.8, 4) is 0 Å². The number of nitrogens with one attached hydrogen (secondary N) is 6. The van der Waals surface area contributed by atoms with Crippen LogP contribution in [0.1, 0.15) is 44.1 Å². The number of rotatable bonds is 25. The molecule has 0 aliphatic heterocycles. The highest BCUT2D eigenvalue weighted by atomic mass is 16.3. The van der Waals surface area contributed by atoms with E-state index < -0.39 is 85.4 Å². The second kappa shape index (κ2) is 24.6. The van der Waals surface area contributed by atoms with Crippen LogP contribution in [0, 0.1) is 0 Å². The van der Waals surface area contributed by atoms with E-state index in [1.807, 2.05) is 0 Å². The zero-order valence-corrected chi connectivity index (χ0v) is 27.5. The second-order valence-corrected chi connectivity index (χ2v) is 11.2. The Labute approximate surface area is 285 Å². The lowest BCUT2D eigenvalue weighted by atomic mass is 10.0. The van der Waals surface area contributed by atoms with Crippen molar-refractivity contribution < 1.29 is 43.8 Å². The Balaban J connectivity index is 3.09. The normalized spacial score (nSPS) is 13.8. The molecule has 274 valence electrons. The molecule has 5 atom stereocenters. The maximum atomic E-state index is 13.4. The number of aliphatic hydroxyl groups is 2. The minimum atomic E-state index is -1.57. The van der Waals surface area contributed by atoms with Gasteiger partial charge in [-0.05, 0) is 57.2 Å². The van der Waals surface area contributed by atoms with Crippen LogP contribution in [-0.2, 0) is 40.0 Å². The molecule has 0 unspecified atom stereocenters. The lowest BCUT2D eigenvalue weighted by Gasteiger charge is -2.26. The fourth-order valence-electron chi connectivity index (χ4n) is 4.49. The molecule has 1 aromatic rings. The van der Waals surface area contributed by atoms with Crippen molar-refractivity contribution in [3.63, 3.8) is 0 Å². The number of aliphatic hydroxyl groups excluding tert-OH is 2. The topological polar surface area (TPSA) is 310 Å². The van der Waals surface area contributed by atoms with Gasteiger partial charge in [-0.2, -0.15) is 0 Å². The molecule has 0 radical (unpaired) electrons. The van der Waals surface area contributed by atoms with Crippen LogP contribution in [0.5, 0.6) is 0 Å². The monoisotopic (exact) mass is 693 g/mol. The number of benzene rings is 1. The molecular formula is C31H51N9O9. The van der Waals surface area contributed by atoms with Gasteiger partial charge >= 0.3 is 0 Å². The summed E-state index contributed by atoms with van der Waals surface area (Å²) in [5.74, 6) is -4.75. The molecule has 0 spiro atoms. The van der Waals surface area contributed by atoms with Crippen LogP contribution >= 0.6 is 0 Å². The summed E-state index contributed by atoms with van der Waals surface area (Å²) in [4.78, 5) is 88.0. The fourth-order valence-corrected chi connectivity index (χ4v) is 4.49. The van der Waals surface area contributed by atoms with E-state index in [4.69, 9.17) is 17.2 Å². The third kappa shape index (κ3) is 16.9. The van der Waals surface area contributed by atoms with E-state index in [9.17, 15) is 43.8 Å². The Bertz CT molecular complexity index is 1210. The molecule has 1 rings (SSSR count). The largest absolute Gasteiger partial charge is 0.394 e. The molecular weight excluding hydrogens is 642 g/mol. The lowest BCUT2D eigenvalue weighted by Crippen LogP contribution is -2.60. The Morgan fingerprint density at radius 1 is 0.633 bits per heavy atom. The van der Waals surface area contributed by atoms with Crippen LogP contribution in [0.25, 0.3) is 0 Å². The van der Waals surface area contributed by atoms with E-state index in [-0.39, 0.29) is 19.4 Å². The summed E-state index contributed by atoms with van der Waals surface area (Å²) in [5, 5.41) is 34.3. The number of hydrogen-bond donors (Lipinski definition) is 11. The molecule has 0 aliphatic rings. The zero-order chi connectivity index (χ0) is 36.6. The first-order valence-electron chi connectivity index (χ1n) is 16.1. The number of hydrogen-bond acceptors (Lipinski definition) is 12. The predicted octanol–water partition coefficient (Wildman–Crippen LogP) is -4.83. The van der Waals surface area contributed by atoms with E-state index in [1.165, 1.54) is 0 Å². The van der Waals surface area contributed by atoms with Gasteiger partial charge in [0.1, 0.15) is 30.5 Å². The highest BCUT2D eigenvalue weighted by Crippen LogP contribution is 2.06. The summed E-state index contributed by atoms with van der Waals surface area (Å²) in [6.45, 7) is -1.76. The van der Waals surface area contributed by atoms with Gasteiger partial charge in [0.15, 0.2) is 0 Å². The van der Waals surface area contributed by atoms with Crippen molar-refractivity contribution >= 4 is 41.7 Å². The highest BCUT2D eigenvalue weighted by molar-refractivity contribution is 5.96. The molecule has 0 bridgehead atoms. The Hall–Kier alpha value is -4.49. The van der Waals surface area contributed by atoms with E-state index in [1.54, 1.807) is 30.3 Å². The van der Waals surface area contributed by atoms with Gasteiger partial charge in [0.05, 0.1) is 32.3 Å². The molecule has 18 heteroatoms. The Kier molecular flexibility index (Phi) is 21.4. The van der Waals surface area contributed by atoms with Gasteiger partial charge in [-0.15, -0.1) is 0 Å². The zero-order valence-electron chi connectivity index (χ0n) is 27.5. The first-order valence-corrected chi connectivity index (χ1v) is 16.1. The van der Waals surface area contributed by atoms with Crippen LogP contribution in [0.2, 0.25) is 0 Å². The number of carbonyl (C=O) groups is 7. The molecule has 1 aromatic carbocycles. The SMILES string of the molecule is NCCCC[C@@H](C=O)NC(=O)[C@H](CO)NC(=O)[C@H](Cc1ccccc1)NC(=O)[C@H](CO)NC(=O)[C@H](CCCCN)NC(=O)CNC(=O)CN. The molecule has 0 saturated heterocycles. The molecule has 6 amide bonds. The van der Waals surface area contributed by atoms with Gasteiger partial charge in [0.25, 0.3) is 0 Å². The molecule has 0 heterocycles. The number of nitrogens with two attached hydrogens (primary N) is 3. The summed E-state index contributed by atoms with van der Waals surface area (Å²) < 4.78 is 0. The van der Waals surface area contributed by atoms with Crippen molar-refractivity contribution in [2.45, 2.75) is 75.2 Å². The molecule has 18 nitrogen and oxygen atoms in total. The quantitative estimate of drug-likeness (QED) is 0.0340. The van der Waals surface area contributed by atoms with Crippen LogP contribution in [0.4, 0.5) is 0 Å². The van der Waals surface area contributed by atoms with E-state index >= 15 is 0 Å². The summed E-state index contributed by atoms with van der Waals surface area (Å²) in [6.07, 6.45) is 3.06. The van der Waals surface area contributed by atoms with Crippen molar-refractivity contribution in [1.82, 2.24) is 31.9 Å². The molecule has 0 fully saturated rings. The number of aldehydes is 1. The highest BCUT2D eigenvalue weighted by Gasteiger charge is 2.31. The van der Waals surface area contributed by atoms with Gasteiger partial charge in [-0.25, -0.2) is 0 Å². The smallest absolute Gasteiger partial charge is 0.245 e. The summed E-state index contributed by atoms with van der Waals surface area (Å²) >= 11 is 0. The lowest BCUT2D eigenvalue weighted by molar-refractivity contribution is -0.135. The second-order valence-electron chi connectivity index (χ2n) is 11.2. The Morgan fingerprint density at radius 3 is 1.67 bits per heavy atom. The molecule has 14 N–H and O–H groups in total. The van der Waals surface area contributed by atoms with Crippen molar-refractivity contribution in [3.05, 3.63) is 35.9 Å². The first kappa shape index (κ1) is 42.5. The summed E-state index contributed by atoms with van der Waals surface area (Å²) in [5.41, 5.74) is 16.8. The first-order chi connectivity index (χ1) is 23.5. The number of carbonyl (C=O) groups excluding carboxylic acids is 7. The van der Waals surface area contributed by atoms with Crippen LogP contribution < -0.4 is 49.1 Å². The van der Waals surface area contributed by atoms with Gasteiger partial charge < -0.3 is 64.1 Å². The van der Waals surface area contributed by atoms with Gasteiger partial charge in [-0.3, -0.25) is 28.8 Å². The Morgan fingerprint density at radius 2 is 1.14 bits per heavy atom. The maximum Gasteiger partial charge on any atom is 0.245 e. The van der Waals surface area contributed by atoms with Crippen molar-refractivity contribution in [2.24, 2.45) is 17.2 Å². The molecule has 49 heavy (non-hydrogen) atoms. The average Bonchev–Trinajstić information content (AvgIpc) is 3.10. The van der Waals surface area contributed by atoms with Crippen LogP contribution in [-0.4, -0.2) is 122 Å². The average molecular weight is 694 g/mol. The summed E-state index contributed by atoms with van der Waals surface area (Å²) in [7, 11) is 0. The van der Waals surface area contributed by atoms with Gasteiger partial charge in [-0.1, -0.05) is 30.3 Å². The molecule has 0 aliphatic carbocycles. The minimum Gasteiger partial charge on any atom is -0.394 e. The maximum absolute atomic E-state index is 13.4. The van der Waals surface area contributed by atoms with E-state index in [0.717, 1.165) is 0 Å². The minimum absolute atomic E-state index is 0.0768. The third-order valence-electron chi connectivity index (χ3n) is 7.24. The van der Waals surface area contributed by atoms with E-state index in [2.05, 4.69) is 31.9 Å². The standard InChI is InChI=1S/C31H51N9O9/c32-12-6-4-10-21(17-41)36-30(48)24(18-42)40-29(47)23(14-20-8-2-1-3-9-20)38-31(49)25(19-43)39-28(46)22(11-5-7-13-33)37-27(45)16-35-26(44)15-34/h1-3,8-9,17,21-25,42-43H,4-7,10-16,18-19,32-34H2,(H,35,44)(H,36,48)(H,37,45)(H,38,49)(H,39,46)(H,40,47)/t21-,22-,23-,24-,25-/m0/s1. The summed E-state index contributed by atoms with van der Waals surface area (Å²) in [6, 6.07) is 2.12. The van der Waals surface area contributed by atoms with Crippen molar-refractivity contribution in [2.75, 3.05) is 39.4 Å². The molecule has 0 saturated carbocycles. The van der Waals surface area contributed by atoms with E-state index in [0.29, 0.717) is 57.0 Å². The fraction of sp³-hybridized carbons (Fsp3) is 0.581. The molecule has 0 aromatic heterocycles. The van der Waals surface area contributed by atoms with Crippen molar-refractivity contribution in [1.29, 1.82) is 0 Å². The van der Waals surface area contributed by atoms with Gasteiger partial charge in [0.2, 0.25) is 35.4 Å². The predicted molar refractivity (Wildman–Crippen MR) is 178 cm³/mol. The van der Waals surface area contributed by atoms with Gasteiger partial charge in [0, 0.05) is 6.42 Å². The third-order valence-corrected chi connectivity index (χ3v) is 7.24. The number of unbranched alkanes of at least 4 members (excludes halogenated alkanes) is 2. The number of amides is 6. The van der Waals surface area contributed by atoms with Crippen LogP contribution in [0.15, 0.2) is 30.3 Å².